The van der Waals surface area contributed by atoms with Crippen molar-refractivity contribution in [1.82, 2.24) is 4.90 Å². The van der Waals surface area contributed by atoms with Gasteiger partial charge >= 0.3 is 0 Å². The van der Waals surface area contributed by atoms with Crippen molar-refractivity contribution in [2.75, 3.05) is 31.2 Å². The van der Waals surface area contributed by atoms with Crippen LogP contribution in [-0.4, -0.2) is 43.0 Å². The zero-order valence-corrected chi connectivity index (χ0v) is 12.8. The summed E-state index contributed by atoms with van der Waals surface area (Å²) in [5, 5.41) is -0.252. The molecular weight excluding hydrogens is 334 g/mol. The molecule has 1 aromatic rings. The van der Waals surface area contributed by atoms with Crippen LogP contribution in [-0.2, 0) is 14.3 Å². The third-order valence-electron chi connectivity index (χ3n) is 3.49. The Kier molecular flexibility index (Phi) is 4.08. The highest BCUT2D eigenvalue weighted by Gasteiger charge is 2.41. The second-order valence-electron chi connectivity index (χ2n) is 4.81. The van der Waals surface area contributed by atoms with Gasteiger partial charge in [-0.1, -0.05) is 23.2 Å². The molecule has 3 rings (SSSR count). The highest BCUT2D eigenvalue weighted by atomic mass is 35.5. The Morgan fingerprint density at radius 1 is 1.09 bits per heavy atom. The topological polar surface area (TPSA) is 49.9 Å². The third kappa shape index (κ3) is 2.47. The smallest absolute Gasteiger partial charge is 0.283 e. The lowest BCUT2D eigenvalue weighted by Crippen LogP contribution is -2.40. The molecule has 0 N–H and O–H groups in total. The van der Waals surface area contributed by atoms with E-state index >= 15 is 0 Å². The van der Waals surface area contributed by atoms with Crippen LogP contribution in [0.4, 0.5) is 10.1 Å². The van der Waals surface area contributed by atoms with Gasteiger partial charge in [-0.15, -0.1) is 0 Å². The summed E-state index contributed by atoms with van der Waals surface area (Å²) in [5.74, 6) is -1.95. The van der Waals surface area contributed by atoms with Gasteiger partial charge in [-0.3, -0.25) is 9.59 Å². The number of carbonyl (C=O) groups is 2. The van der Waals surface area contributed by atoms with Crippen molar-refractivity contribution in [3.63, 3.8) is 0 Å². The summed E-state index contributed by atoms with van der Waals surface area (Å²) in [5.41, 5.74) is 0.226. The molecule has 0 bridgehead atoms. The van der Waals surface area contributed by atoms with Crippen LogP contribution in [0.5, 0.6) is 0 Å². The number of hydrogen-bond acceptors (Lipinski definition) is 4. The first-order valence-electron chi connectivity index (χ1n) is 6.57. The van der Waals surface area contributed by atoms with Crippen molar-refractivity contribution in [3.05, 3.63) is 39.8 Å². The summed E-state index contributed by atoms with van der Waals surface area (Å²) < 4.78 is 18.8. The number of benzene rings is 1. The maximum Gasteiger partial charge on any atom is 0.283 e. The Balaban J connectivity index is 1.94. The number of anilines is 1. The first-order chi connectivity index (χ1) is 10.5. The molecule has 0 aliphatic carbocycles. The monoisotopic (exact) mass is 344 g/mol. The van der Waals surface area contributed by atoms with E-state index in [1.165, 1.54) is 12.1 Å². The van der Waals surface area contributed by atoms with Crippen molar-refractivity contribution in [3.8, 4) is 0 Å². The molecule has 116 valence electrons. The Morgan fingerprint density at radius 3 is 2.41 bits per heavy atom. The number of amides is 2. The van der Waals surface area contributed by atoms with E-state index in [1.54, 1.807) is 4.90 Å². The van der Waals surface area contributed by atoms with Crippen molar-refractivity contribution in [1.29, 1.82) is 0 Å². The fraction of sp³-hybridized carbons (Fsp3) is 0.286. The fourth-order valence-corrected chi connectivity index (χ4v) is 2.81. The molecule has 1 aromatic carbocycles. The van der Waals surface area contributed by atoms with Crippen LogP contribution in [0.3, 0.4) is 0 Å². The number of carbonyl (C=O) groups excluding carboxylic acids is 2. The van der Waals surface area contributed by atoms with Crippen LogP contribution in [0, 0.1) is 5.82 Å². The molecule has 5 nitrogen and oxygen atoms in total. The molecular formula is C14H11Cl2FN2O3. The van der Waals surface area contributed by atoms with E-state index in [0.717, 1.165) is 11.0 Å². The second-order valence-corrected chi connectivity index (χ2v) is 5.59. The lowest BCUT2D eigenvalue weighted by Gasteiger charge is -2.29. The molecule has 8 heteroatoms. The van der Waals surface area contributed by atoms with Gasteiger partial charge in [0, 0.05) is 13.1 Å². The lowest BCUT2D eigenvalue weighted by molar-refractivity contribution is -0.121. The predicted molar refractivity (Wildman–Crippen MR) is 79.2 cm³/mol. The number of ether oxygens (including phenoxy) is 1. The van der Waals surface area contributed by atoms with Gasteiger partial charge < -0.3 is 9.64 Å². The van der Waals surface area contributed by atoms with Gasteiger partial charge in [0.15, 0.2) is 0 Å². The maximum atomic E-state index is 13.6. The van der Waals surface area contributed by atoms with Crippen molar-refractivity contribution in [2.45, 2.75) is 0 Å². The van der Waals surface area contributed by atoms with Crippen LogP contribution >= 0.6 is 23.2 Å². The zero-order chi connectivity index (χ0) is 15.9. The number of imide groups is 1. The number of halogens is 3. The fourth-order valence-electron chi connectivity index (χ4n) is 2.41. The molecule has 2 aliphatic heterocycles. The molecule has 0 radical (unpaired) electrons. The van der Waals surface area contributed by atoms with Crippen LogP contribution in [0.25, 0.3) is 0 Å². The molecule has 1 fully saturated rings. The van der Waals surface area contributed by atoms with Crippen molar-refractivity contribution < 1.29 is 18.7 Å². The molecule has 2 heterocycles. The minimum atomic E-state index is -0.712. The predicted octanol–water partition coefficient (Wildman–Crippen LogP) is 2.13. The van der Waals surface area contributed by atoms with Gasteiger partial charge in [0.25, 0.3) is 11.8 Å². The Labute approximate surface area is 135 Å². The van der Waals surface area contributed by atoms with Gasteiger partial charge in [-0.2, -0.15) is 0 Å². The van der Waals surface area contributed by atoms with E-state index in [0.29, 0.717) is 26.3 Å². The van der Waals surface area contributed by atoms with Crippen LogP contribution in [0.1, 0.15) is 0 Å². The average molecular weight is 345 g/mol. The van der Waals surface area contributed by atoms with Gasteiger partial charge in [0.1, 0.15) is 16.5 Å². The zero-order valence-electron chi connectivity index (χ0n) is 11.3. The van der Waals surface area contributed by atoms with Gasteiger partial charge in [0.05, 0.1) is 23.9 Å². The molecule has 22 heavy (non-hydrogen) atoms. The molecule has 2 aliphatic rings. The van der Waals surface area contributed by atoms with E-state index in [9.17, 15) is 14.0 Å². The molecule has 0 unspecified atom stereocenters. The van der Waals surface area contributed by atoms with Crippen LogP contribution in [0.2, 0.25) is 5.02 Å². The van der Waals surface area contributed by atoms with E-state index in [-0.39, 0.29) is 21.4 Å². The third-order valence-corrected chi connectivity index (χ3v) is 4.14. The summed E-state index contributed by atoms with van der Waals surface area (Å²) in [6.45, 7) is 1.83. The summed E-state index contributed by atoms with van der Waals surface area (Å²) >= 11 is 11.7. The molecule has 0 saturated carbocycles. The highest BCUT2D eigenvalue weighted by molar-refractivity contribution is 6.52. The summed E-state index contributed by atoms with van der Waals surface area (Å²) in [4.78, 5) is 27.4. The molecule has 2 amide bonds. The average Bonchev–Trinajstić information content (AvgIpc) is 2.73. The lowest BCUT2D eigenvalue weighted by atomic mass is 10.2. The van der Waals surface area contributed by atoms with E-state index in [2.05, 4.69) is 0 Å². The van der Waals surface area contributed by atoms with Crippen molar-refractivity contribution in [2.24, 2.45) is 0 Å². The quantitative estimate of drug-likeness (QED) is 0.771. The van der Waals surface area contributed by atoms with Crippen LogP contribution < -0.4 is 4.90 Å². The Morgan fingerprint density at radius 2 is 1.77 bits per heavy atom. The number of hydrogen-bond donors (Lipinski definition) is 0. The first-order valence-corrected chi connectivity index (χ1v) is 7.32. The Hall–Kier alpha value is -1.63. The van der Waals surface area contributed by atoms with E-state index in [4.69, 9.17) is 27.9 Å². The SMILES string of the molecule is O=C1C(Cl)=C(N2CCOCC2)C(=O)N1c1ccc(Cl)c(F)c1. The molecule has 0 spiro atoms. The number of nitrogens with zero attached hydrogens (tertiary/aromatic N) is 2. The first kappa shape index (κ1) is 15.3. The normalized spacial score (nSPS) is 19.4. The van der Waals surface area contributed by atoms with Gasteiger partial charge in [-0.05, 0) is 18.2 Å². The maximum absolute atomic E-state index is 13.6. The van der Waals surface area contributed by atoms with Crippen LogP contribution in [0.15, 0.2) is 28.9 Å². The van der Waals surface area contributed by atoms with Gasteiger partial charge in [0.2, 0.25) is 0 Å². The number of rotatable bonds is 2. The molecule has 0 atom stereocenters. The standard InChI is InChI=1S/C14H11Cl2FN2O3/c15-9-2-1-8(7-10(9)17)19-13(20)11(16)12(14(19)21)18-3-5-22-6-4-18/h1-2,7H,3-6H2. The van der Waals surface area contributed by atoms with Gasteiger partial charge in [-0.25, -0.2) is 9.29 Å². The summed E-state index contributed by atoms with van der Waals surface area (Å²) in [6, 6.07) is 3.71. The van der Waals surface area contributed by atoms with E-state index < -0.39 is 17.6 Å². The molecule has 1 saturated heterocycles. The highest BCUT2D eigenvalue weighted by Crippen LogP contribution is 2.32. The minimum absolute atomic E-state index is 0.0877. The largest absolute Gasteiger partial charge is 0.378 e. The minimum Gasteiger partial charge on any atom is -0.378 e. The van der Waals surface area contributed by atoms with Crippen molar-refractivity contribution >= 4 is 40.7 Å². The second kappa shape index (κ2) is 5.87. The molecule has 0 aromatic heterocycles. The number of morpholine rings is 1. The Bertz CT molecular complexity index is 687. The summed E-state index contributed by atoms with van der Waals surface area (Å²) in [6.07, 6.45) is 0. The van der Waals surface area contributed by atoms with E-state index in [1.807, 2.05) is 0 Å². The summed E-state index contributed by atoms with van der Waals surface area (Å²) in [7, 11) is 0.